The van der Waals surface area contributed by atoms with Gasteiger partial charge in [-0.1, -0.05) is 11.8 Å². The van der Waals surface area contributed by atoms with Crippen LogP contribution in [-0.4, -0.2) is 40.6 Å². The minimum absolute atomic E-state index is 0.00740. The van der Waals surface area contributed by atoms with Crippen molar-refractivity contribution in [1.29, 1.82) is 5.26 Å². The van der Waals surface area contributed by atoms with Gasteiger partial charge in [-0.15, -0.1) is 0 Å². The third-order valence-electron chi connectivity index (χ3n) is 2.82. The number of hydrogen-bond acceptors (Lipinski definition) is 4. The predicted molar refractivity (Wildman–Crippen MR) is 74.6 cm³/mol. The lowest BCUT2D eigenvalue weighted by Crippen LogP contribution is -2.34. The molecule has 0 aliphatic carbocycles. The van der Waals surface area contributed by atoms with E-state index in [0.717, 1.165) is 0 Å². The van der Waals surface area contributed by atoms with Crippen LogP contribution >= 0.6 is 0 Å². The van der Waals surface area contributed by atoms with Gasteiger partial charge in [-0.05, 0) is 13.0 Å². The summed E-state index contributed by atoms with van der Waals surface area (Å²) < 4.78 is 0. The van der Waals surface area contributed by atoms with Gasteiger partial charge in [-0.25, -0.2) is 0 Å². The second kappa shape index (κ2) is 7.93. The molecule has 0 aromatic carbocycles. The summed E-state index contributed by atoms with van der Waals surface area (Å²) in [7, 11) is 1.66. The number of carbonyl (C=O) groups excluding carboxylic acids is 1. The number of rotatable bonds is 4. The quantitative estimate of drug-likeness (QED) is 0.834. The molecule has 0 radical (unpaired) electrons. The number of aliphatic hydroxyl groups excluding tert-OH is 1. The van der Waals surface area contributed by atoms with Crippen LogP contribution in [0, 0.1) is 23.2 Å². The van der Waals surface area contributed by atoms with Crippen LogP contribution in [0.3, 0.4) is 0 Å². The molecule has 0 aliphatic heterocycles. The maximum absolute atomic E-state index is 12.2. The molecule has 1 aromatic heterocycles. The molecule has 1 amide bonds. The number of nitriles is 1. The molecule has 1 unspecified atom stereocenters. The monoisotopic (exact) mass is 271 g/mol. The normalized spacial score (nSPS) is 10.9. The summed E-state index contributed by atoms with van der Waals surface area (Å²) in [5.74, 6) is 5.43. The van der Waals surface area contributed by atoms with Gasteiger partial charge in [0.2, 0.25) is 0 Å². The van der Waals surface area contributed by atoms with Crippen molar-refractivity contribution in [1.82, 2.24) is 9.88 Å². The number of aliphatic hydroxyl groups is 1. The van der Waals surface area contributed by atoms with Gasteiger partial charge in [0.1, 0.15) is 0 Å². The van der Waals surface area contributed by atoms with Crippen molar-refractivity contribution in [2.75, 3.05) is 13.7 Å². The number of hydrogen-bond donors (Lipinski definition) is 1. The van der Waals surface area contributed by atoms with Crippen LogP contribution in [-0.2, 0) is 0 Å². The van der Waals surface area contributed by atoms with Crippen LogP contribution in [0.5, 0.6) is 0 Å². The first-order chi connectivity index (χ1) is 9.60. The Kier molecular flexibility index (Phi) is 6.22. The zero-order chi connectivity index (χ0) is 15.0. The Bertz CT molecular complexity index is 566. The summed E-state index contributed by atoms with van der Waals surface area (Å²) in [6, 6.07) is 3.55. The highest BCUT2D eigenvalue weighted by atomic mass is 16.2. The fraction of sp³-hybridized carbons (Fsp3) is 0.400. The first-order valence-corrected chi connectivity index (χ1v) is 6.29. The van der Waals surface area contributed by atoms with Gasteiger partial charge in [0.15, 0.2) is 0 Å². The summed E-state index contributed by atoms with van der Waals surface area (Å²) in [4.78, 5) is 17.7. The Morgan fingerprint density at radius 2 is 2.30 bits per heavy atom. The molecule has 1 rings (SSSR count). The van der Waals surface area contributed by atoms with Crippen molar-refractivity contribution in [3.63, 3.8) is 0 Å². The van der Waals surface area contributed by atoms with E-state index in [2.05, 4.69) is 16.8 Å². The van der Waals surface area contributed by atoms with Gasteiger partial charge in [0.25, 0.3) is 5.91 Å². The van der Waals surface area contributed by atoms with Crippen molar-refractivity contribution in [3.05, 3.63) is 29.6 Å². The summed E-state index contributed by atoms with van der Waals surface area (Å²) in [6.45, 7) is 1.83. The van der Waals surface area contributed by atoms with Gasteiger partial charge in [-0.3, -0.25) is 9.78 Å². The van der Waals surface area contributed by atoms with Crippen molar-refractivity contribution >= 4 is 5.91 Å². The van der Waals surface area contributed by atoms with Crippen LogP contribution < -0.4 is 0 Å². The molecule has 1 heterocycles. The topological polar surface area (TPSA) is 77.2 Å². The number of nitrogens with zero attached hydrogens (tertiary/aromatic N) is 3. The van der Waals surface area contributed by atoms with E-state index < -0.39 is 0 Å². The Morgan fingerprint density at radius 3 is 2.95 bits per heavy atom. The molecule has 0 saturated carbocycles. The highest BCUT2D eigenvalue weighted by molar-refractivity contribution is 5.94. The number of aromatic nitrogens is 1. The lowest BCUT2D eigenvalue weighted by molar-refractivity contribution is 0.0746. The number of amides is 1. The minimum atomic E-state index is -0.189. The van der Waals surface area contributed by atoms with Crippen molar-refractivity contribution < 1.29 is 9.90 Å². The molecule has 0 saturated heterocycles. The highest BCUT2D eigenvalue weighted by Gasteiger charge is 2.17. The molecule has 1 atom stereocenters. The molecule has 0 spiro atoms. The predicted octanol–water partition coefficient (Wildman–Crippen LogP) is 1.19. The fourth-order valence-corrected chi connectivity index (χ4v) is 1.52. The number of pyridine rings is 1. The summed E-state index contributed by atoms with van der Waals surface area (Å²) >= 11 is 0. The van der Waals surface area contributed by atoms with Gasteiger partial charge >= 0.3 is 0 Å². The molecule has 1 N–H and O–H groups in total. The third-order valence-corrected chi connectivity index (χ3v) is 2.82. The number of carbonyl (C=O) groups is 1. The van der Waals surface area contributed by atoms with Gasteiger partial charge in [-0.2, -0.15) is 5.26 Å². The van der Waals surface area contributed by atoms with E-state index in [1.807, 2.05) is 13.0 Å². The van der Waals surface area contributed by atoms with Crippen molar-refractivity contribution in [2.24, 2.45) is 0 Å². The molecule has 0 bridgehead atoms. The second-order valence-electron chi connectivity index (χ2n) is 4.36. The Balaban J connectivity index is 2.87. The molecule has 5 nitrogen and oxygen atoms in total. The largest absolute Gasteiger partial charge is 0.395 e. The Hall–Kier alpha value is -2.37. The lowest BCUT2D eigenvalue weighted by atomic mass is 10.1. The zero-order valence-electron chi connectivity index (χ0n) is 11.6. The van der Waals surface area contributed by atoms with E-state index in [9.17, 15) is 4.79 Å². The van der Waals surface area contributed by atoms with E-state index in [1.165, 1.54) is 11.1 Å². The molecule has 1 aromatic rings. The van der Waals surface area contributed by atoms with Crippen LogP contribution in [0.25, 0.3) is 0 Å². The SMILES string of the molecule is CC(CC#N)N(C)C(=O)c1cncc(C#CCCO)c1. The molecule has 20 heavy (non-hydrogen) atoms. The second-order valence-corrected chi connectivity index (χ2v) is 4.36. The average Bonchev–Trinajstić information content (AvgIpc) is 2.46. The fourth-order valence-electron chi connectivity index (χ4n) is 1.52. The van der Waals surface area contributed by atoms with Crippen molar-refractivity contribution in [3.8, 4) is 17.9 Å². The van der Waals surface area contributed by atoms with Crippen LogP contribution in [0.1, 0.15) is 35.7 Å². The molecule has 104 valence electrons. The average molecular weight is 271 g/mol. The molecule has 5 heteroatoms. The zero-order valence-corrected chi connectivity index (χ0v) is 11.6. The molecular formula is C15H17N3O2. The highest BCUT2D eigenvalue weighted by Crippen LogP contribution is 2.09. The van der Waals surface area contributed by atoms with Gasteiger partial charge in [0, 0.05) is 37.5 Å². The molecular weight excluding hydrogens is 254 g/mol. The van der Waals surface area contributed by atoms with E-state index in [4.69, 9.17) is 10.4 Å². The standard InChI is InChI=1S/C15H17N3O2/c1-12(6-7-16)18(2)15(20)14-9-13(10-17-11-14)5-3-4-8-19/h9-12,19H,4,6,8H2,1-2H3. The third kappa shape index (κ3) is 4.38. The van der Waals surface area contributed by atoms with Crippen molar-refractivity contribution in [2.45, 2.75) is 25.8 Å². The first kappa shape index (κ1) is 15.7. The Labute approximate surface area is 118 Å². The van der Waals surface area contributed by atoms with E-state index in [1.54, 1.807) is 19.3 Å². The maximum Gasteiger partial charge on any atom is 0.255 e. The van der Waals surface area contributed by atoms with E-state index in [-0.39, 0.29) is 25.0 Å². The van der Waals surface area contributed by atoms with Crippen LogP contribution in [0.4, 0.5) is 0 Å². The van der Waals surface area contributed by atoms with Gasteiger partial charge in [0.05, 0.1) is 24.7 Å². The smallest absolute Gasteiger partial charge is 0.255 e. The first-order valence-electron chi connectivity index (χ1n) is 6.29. The van der Waals surface area contributed by atoms with E-state index >= 15 is 0 Å². The minimum Gasteiger partial charge on any atom is -0.395 e. The Morgan fingerprint density at radius 1 is 1.55 bits per heavy atom. The molecule has 0 aliphatic rings. The summed E-state index contributed by atoms with van der Waals surface area (Å²) in [5.41, 5.74) is 1.07. The van der Waals surface area contributed by atoms with E-state index in [0.29, 0.717) is 17.5 Å². The van der Waals surface area contributed by atoms with Crippen LogP contribution in [0.2, 0.25) is 0 Å². The summed E-state index contributed by atoms with van der Waals surface area (Å²) in [6.07, 6.45) is 3.72. The lowest BCUT2D eigenvalue weighted by Gasteiger charge is -2.22. The van der Waals surface area contributed by atoms with Crippen LogP contribution in [0.15, 0.2) is 18.5 Å². The van der Waals surface area contributed by atoms with Gasteiger partial charge < -0.3 is 10.0 Å². The molecule has 0 fully saturated rings. The summed E-state index contributed by atoms with van der Waals surface area (Å²) in [5, 5.41) is 17.3. The maximum atomic E-state index is 12.2.